The maximum Gasteiger partial charge on any atom is 0.292 e. The van der Waals surface area contributed by atoms with Crippen molar-refractivity contribution in [3.05, 3.63) is 89.9 Å². The largest absolute Gasteiger partial charge is 0.359 e. The molecule has 0 bridgehead atoms. The van der Waals surface area contributed by atoms with Crippen LogP contribution in [0.2, 0.25) is 0 Å². The van der Waals surface area contributed by atoms with E-state index in [1.807, 2.05) is 42.3 Å². The predicted octanol–water partition coefficient (Wildman–Crippen LogP) is 2.65. The highest BCUT2D eigenvalue weighted by Gasteiger charge is 2.16. The Morgan fingerprint density at radius 3 is 2.43 bits per heavy atom. The molecule has 2 aromatic heterocycles. The Morgan fingerprint density at radius 2 is 1.68 bits per heavy atom. The van der Waals surface area contributed by atoms with Crippen molar-refractivity contribution in [3.63, 3.8) is 0 Å². The minimum atomic E-state index is -0.628. The molecule has 6 nitrogen and oxygen atoms in total. The Hall–Kier alpha value is -3.54. The molecule has 6 heteroatoms. The molecule has 0 saturated heterocycles. The monoisotopic (exact) mass is 374 g/mol. The highest BCUT2D eigenvalue weighted by Crippen LogP contribution is 2.16. The Kier molecular flexibility index (Phi) is 6.46. The summed E-state index contributed by atoms with van der Waals surface area (Å²) in [7, 11) is 1.95. The number of aromatic nitrogens is 2. The number of nitrogens with one attached hydrogen (secondary N) is 1. The smallest absolute Gasteiger partial charge is 0.292 e. The first-order valence-electron chi connectivity index (χ1n) is 9.07. The molecular weight excluding hydrogens is 352 g/mol. The fourth-order valence-corrected chi connectivity index (χ4v) is 2.82. The third kappa shape index (κ3) is 5.01. The van der Waals surface area contributed by atoms with Gasteiger partial charge < -0.3 is 10.2 Å². The fourth-order valence-electron chi connectivity index (χ4n) is 2.82. The molecule has 0 fully saturated rings. The molecule has 0 aliphatic heterocycles. The van der Waals surface area contributed by atoms with Gasteiger partial charge in [-0.2, -0.15) is 0 Å². The molecule has 0 unspecified atom stereocenters. The minimum Gasteiger partial charge on any atom is -0.359 e. The van der Waals surface area contributed by atoms with Crippen molar-refractivity contribution in [2.45, 2.75) is 13.0 Å². The summed E-state index contributed by atoms with van der Waals surface area (Å²) >= 11 is 0. The first kappa shape index (κ1) is 19.2. The number of nitrogens with zero attached hydrogens (tertiary/aromatic N) is 3. The van der Waals surface area contributed by atoms with Crippen LogP contribution in [-0.4, -0.2) is 35.3 Å². The van der Waals surface area contributed by atoms with Gasteiger partial charge >= 0.3 is 0 Å². The van der Waals surface area contributed by atoms with Crippen LogP contribution < -0.4 is 10.2 Å². The molecule has 3 rings (SSSR count). The van der Waals surface area contributed by atoms with Crippen molar-refractivity contribution in [1.82, 2.24) is 15.3 Å². The number of carbonyl (C=O) groups is 2. The van der Waals surface area contributed by atoms with Crippen molar-refractivity contribution < 1.29 is 9.59 Å². The number of rotatable bonds is 8. The summed E-state index contributed by atoms with van der Waals surface area (Å²) in [6, 6.07) is 18.1. The highest BCUT2D eigenvalue weighted by atomic mass is 16.2. The highest BCUT2D eigenvalue weighted by molar-refractivity contribution is 6.42. The average molecular weight is 374 g/mol. The number of benzene rings is 1. The molecule has 2 heterocycles. The molecule has 28 heavy (non-hydrogen) atoms. The van der Waals surface area contributed by atoms with Gasteiger partial charge in [-0.1, -0.05) is 42.5 Å². The van der Waals surface area contributed by atoms with E-state index in [0.717, 1.165) is 30.0 Å². The second-order valence-electron chi connectivity index (χ2n) is 6.36. The van der Waals surface area contributed by atoms with Gasteiger partial charge in [-0.05, 0) is 18.2 Å². The number of anilines is 1. The van der Waals surface area contributed by atoms with E-state index in [2.05, 4.69) is 15.3 Å². The third-order valence-corrected chi connectivity index (χ3v) is 4.34. The molecule has 0 atom stereocenters. The quantitative estimate of drug-likeness (QED) is 0.485. The molecule has 0 spiro atoms. The van der Waals surface area contributed by atoms with Gasteiger partial charge in [0.25, 0.3) is 5.91 Å². The summed E-state index contributed by atoms with van der Waals surface area (Å²) < 4.78 is 0. The van der Waals surface area contributed by atoms with Crippen LogP contribution in [0.5, 0.6) is 0 Å². The van der Waals surface area contributed by atoms with E-state index in [-0.39, 0.29) is 6.54 Å². The van der Waals surface area contributed by atoms with Crippen molar-refractivity contribution in [2.75, 3.05) is 18.5 Å². The molecule has 0 radical (unpaired) electrons. The zero-order valence-electron chi connectivity index (χ0n) is 15.7. The van der Waals surface area contributed by atoms with Gasteiger partial charge in [-0.25, -0.2) is 4.98 Å². The summed E-state index contributed by atoms with van der Waals surface area (Å²) in [6.45, 7) is 0.965. The van der Waals surface area contributed by atoms with Gasteiger partial charge in [0, 0.05) is 55.8 Å². The molecule has 0 aliphatic carbocycles. The number of hydrogen-bond donors (Lipinski definition) is 1. The standard InChI is InChI=1S/C22H22N4O2/c1-26(15-12-19-11-5-6-13-23-19)21-18(10-7-14-24-21)16-25-22(28)20(27)17-8-3-2-4-9-17/h2-11,13-14H,12,15-16H2,1H3,(H,25,28). The first-order valence-corrected chi connectivity index (χ1v) is 9.07. The van der Waals surface area contributed by atoms with Crippen LogP contribution in [0.3, 0.4) is 0 Å². The molecule has 142 valence electrons. The summed E-state index contributed by atoms with van der Waals surface area (Å²) in [4.78, 5) is 35.2. The maximum atomic E-state index is 12.2. The van der Waals surface area contributed by atoms with Crippen molar-refractivity contribution in [2.24, 2.45) is 0 Å². The number of hydrogen-bond acceptors (Lipinski definition) is 5. The lowest BCUT2D eigenvalue weighted by Crippen LogP contribution is -2.31. The SMILES string of the molecule is CN(CCc1ccccn1)c1ncccc1CNC(=O)C(=O)c1ccccc1. The lowest BCUT2D eigenvalue weighted by molar-refractivity contribution is -0.117. The summed E-state index contributed by atoms with van der Waals surface area (Å²) in [5.41, 5.74) is 2.23. The fraction of sp³-hybridized carbons (Fsp3) is 0.182. The van der Waals surface area contributed by atoms with Crippen molar-refractivity contribution >= 4 is 17.5 Å². The number of amides is 1. The van der Waals surface area contributed by atoms with E-state index in [4.69, 9.17) is 0 Å². The van der Waals surface area contributed by atoms with Gasteiger partial charge in [0.15, 0.2) is 0 Å². The van der Waals surface area contributed by atoms with Gasteiger partial charge in [-0.15, -0.1) is 0 Å². The van der Waals surface area contributed by atoms with Gasteiger partial charge in [0.1, 0.15) is 5.82 Å². The second kappa shape index (κ2) is 9.41. The number of carbonyl (C=O) groups excluding carboxylic acids is 2. The second-order valence-corrected chi connectivity index (χ2v) is 6.36. The third-order valence-electron chi connectivity index (χ3n) is 4.34. The number of pyridine rings is 2. The van der Waals surface area contributed by atoms with E-state index in [1.165, 1.54) is 0 Å². The van der Waals surface area contributed by atoms with Crippen LogP contribution in [0.4, 0.5) is 5.82 Å². The lowest BCUT2D eigenvalue weighted by atomic mass is 10.1. The predicted molar refractivity (Wildman–Crippen MR) is 108 cm³/mol. The normalized spacial score (nSPS) is 10.3. The van der Waals surface area contributed by atoms with Gasteiger partial charge in [-0.3, -0.25) is 14.6 Å². The zero-order valence-corrected chi connectivity index (χ0v) is 15.7. The van der Waals surface area contributed by atoms with Crippen molar-refractivity contribution in [1.29, 1.82) is 0 Å². The Labute approximate surface area is 164 Å². The summed E-state index contributed by atoms with van der Waals surface area (Å²) in [5, 5.41) is 2.70. The number of Topliss-reactive ketones (excluding diaryl/α,β-unsaturated/α-hetero) is 1. The van der Waals surface area contributed by atoms with Crippen LogP contribution in [0.15, 0.2) is 73.1 Å². The Bertz CT molecular complexity index is 930. The van der Waals surface area contributed by atoms with Crippen LogP contribution in [-0.2, 0) is 17.8 Å². The van der Waals surface area contributed by atoms with E-state index in [1.54, 1.807) is 42.7 Å². The summed E-state index contributed by atoms with van der Waals surface area (Å²) in [5.74, 6) is -0.405. The molecular formula is C22H22N4O2. The molecule has 1 aromatic carbocycles. The molecule has 1 amide bonds. The van der Waals surface area contributed by atoms with Crippen LogP contribution in [0, 0.1) is 0 Å². The van der Waals surface area contributed by atoms with E-state index >= 15 is 0 Å². The minimum absolute atomic E-state index is 0.231. The molecule has 1 N–H and O–H groups in total. The maximum absolute atomic E-state index is 12.2. The Morgan fingerprint density at radius 1 is 0.929 bits per heavy atom. The zero-order chi connectivity index (χ0) is 19.8. The molecule has 0 saturated carbocycles. The van der Waals surface area contributed by atoms with Gasteiger partial charge in [0.05, 0.1) is 0 Å². The first-order chi connectivity index (χ1) is 13.6. The lowest BCUT2D eigenvalue weighted by Gasteiger charge is -2.21. The van der Waals surface area contributed by atoms with Crippen LogP contribution in [0.25, 0.3) is 0 Å². The van der Waals surface area contributed by atoms with Crippen molar-refractivity contribution in [3.8, 4) is 0 Å². The Balaban J connectivity index is 1.62. The average Bonchev–Trinajstić information content (AvgIpc) is 2.76. The molecule has 0 aliphatic rings. The van der Waals surface area contributed by atoms with Crippen LogP contribution >= 0.6 is 0 Å². The van der Waals surface area contributed by atoms with E-state index in [0.29, 0.717) is 5.56 Å². The summed E-state index contributed by atoms with van der Waals surface area (Å²) in [6.07, 6.45) is 4.28. The molecule has 3 aromatic rings. The van der Waals surface area contributed by atoms with E-state index in [9.17, 15) is 9.59 Å². The topological polar surface area (TPSA) is 75.2 Å². The van der Waals surface area contributed by atoms with Gasteiger partial charge in [0.2, 0.25) is 5.78 Å². The number of likely N-dealkylation sites (N-methyl/N-ethyl adjacent to an activating group) is 1. The van der Waals surface area contributed by atoms with Crippen LogP contribution in [0.1, 0.15) is 21.6 Å². The van der Waals surface area contributed by atoms with E-state index < -0.39 is 11.7 Å². The number of ketones is 1.